The average Bonchev–Trinajstić information content (AvgIpc) is 2.55. The highest BCUT2D eigenvalue weighted by Gasteiger charge is 2.05. The smallest absolute Gasteiger partial charge is 0.0412 e. The van der Waals surface area contributed by atoms with Gasteiger partial charge < -0.3 is 10.3 Å². The number of hydrogen-bond donors (Lipinski definition) is 2. The molecule has 0 saturated heterocycles. The first kappa shape index (κ1) is 11.8. The summed E-state index contributed by atoms with van der Waals surface area (Å²) in [5, 5.41) is 3.23. The second kappa shape index (κ2) is 5.56. The molecule has 0 aliphatic carbocycles. The van der Waals surface area contributed by atoms with Crippen molar-refractivity contribution in [3.63, 3.8) is 0 Å². The minimum absolute atomic E-state index is 0.499. The van der Waals surface area contributed by atoms with Crippen LogP contribution in [0.3, 0.4) is 0 Å². The Morgan fingerprint density at radius 1 is 1.60 bits per heavy atom. The maximum Gasteiger partial charge on any atom is 0.0412 e. The van der Waals surface area contributed by atoms with Crippen molar-refractivity contribution in [1.82, 2.24) is 10.3 Å². The molecule has 0 aliphatic heterocycles. The largest absolute Gasteiger partial charge is 0.359 e. The van der Waals surface area contributed by atoms with Crippen LogP contribution in [-0.4, -0.2) is 18.1 Å². The average molecular weight is 204 g/mol. The fraction of sp³-hybridized carbons (Fsp3) is 0.385. The molecule has 2 N–H and O–H groups in total. The van der Waals surface area contributed by atoms with E-state index in [9.17, 15) is 0 Å². The lowest BCUT2D eigenvalue weighted by molar-refractivity contribution is 0.602. The lowest BCUT2D eigenvalue weighted by Gasteiger charge is -2.07. The van der Waals surface area contributed by atoms with Crippen LogP contribution in [0.15, 0.2) is 24.8 Å². The summed E-state index contributed by atoms with van der Waals surface area (Å²) in [7, 11) is 1.99. The second-order valence-corrected chi connectivity index (χ2v) is 3.88. The molecule has 0 amide bonds. The van der Waals surface area contributed by atoms with Crippen LogP contribution >= 0.6 is 0 Å². The Bertz CT molecular complexity index is 347. The third-order valence-electron chi connectivity index (χ3n) is 2.53. The highest BCUT2D eigenvalue weighted by Crippen LogP contribution is 2.13. The molecule has 0 aliphatic rings. The molecule has 1 rings (SSSR count). The van der Waals surface area contributed by atoms with Crippen molar-refractivity contribution in [3.8, 4) is 0 Å². The molecule has 2 nitrogen and oxygen atoms in total. The van der Waals surface area contributed by atoms with Crippen molar-refractivity contribution in [2.75, 3.05) is 7.05 Å². The highest BCUT2D eigenvalue weighted by molar-refractivity contribution is 5.52. The van der Waals surface area contributed by atoms with E-state index >= 15 is 0 Å². The SMILES string of the molecule is C=C/C=C\c1[nH]c(CC(C)NC)cc1C. The molecule has 1 unspecified atom stereocenters. The van der Waals surface area contributed by atoms with E-state index in [0.29, 0.717) is 6.04 Å². The predicted octanol–water partition coefficient (Wildman–Crippen LogP) is 2.67. The lowest BCUT2D eigenvalue weighted by atomic mass is 10.2. The summed E-state index contributed by atoms with van der Waals surface area (Å²) < 4.78 is 0. The molecule has 1 atom stereocenters. The molecule has 0 fully saturated rings. The molecule has 0 spiro atoms. The Kier molecular flexibility index (Phi) is 4.37. The van der Waals surface area contributed by atoms with Gasteiger partial charge in [-0.1, -0.05) is 18.7 Å². The van der Waals surface area contributed by atoms with Crippen molar-refractivity contribution in [2.24, 2.45) is 0 Å². The van der Waals surface area contributed by atoms with Gasteiger partial charge in [0, 0.05) is 23.9 Å². The zero-order valence-corrected chi connectivity index (χ0v) is 9.80. The van der Waals surface area contributed by atoms with Crippen molar-refractivity contribution >= 4 is 6.08 Å². The van der Waals surface area contributed by atoms with Crippen LogP contribution in [0.25, 0.3) is 6.08 Å². The Balaban J connectivity index is 2.76. The minimum Gasteiger partial charge on any atom is -0.359 e. The number of aryl methyl sites for hydroxylation is 1. The summed E-state index contributed by atoms with van der Waals surface area (Å²) in [6.07, 6.45) is 6.81. The Morgan fingerprint density at radius 2 is 2.33 bits per heavy atom. The van der Waals surface area contributed by atoms with Gasteiger partial charge in [-0.05, 0) is 38.6 Å². The Hall–Kier alpha value is -1.28. The fourth-order valence-electron chi connectivity index (χ4n) is 1.53. The molecular formula is C13H20N2. The first-order chi connectivity index (χ1) is 7.17. The van der Waals surface area contributed by atoms with E-state index in [0.717, 1.165) is 6.42 Å². The fourth-order valence-corrected chi connectivity index (χ4v) is 1.53. The summed E-state index contributed by atoms with van der Waals surface area (Å²) >= 11 is 0. The van der Waals surface area contributed by atoms with Crippen LogP contribution < -0.4 is 5.32 Å². The quantitative estimate of drug-likeness (QED) is 0.709. The summed E-state index contributed by atoms with van der Waals surface area (Å²) in [4.78, 5) is 3.41. The van der Waals surface area contributed by atoms with Gasteiger partial charge in [0.1, 0.15) is 0 Å². The molecule has 0 aromatic carbocycles. The van der Waals surface area contributed by atoms with Crippen LogP contribution in [0.4, 0.5) is 0 Å². The number of aromatic amines is 1. The van der Waals surface area contributed by atoms with Gasteiger partial charge in [-0.25, -0.2) is 0 Å². The molecular weight excluding hydrogens is 184 g/mol. The van der Waals surface area contributed by atoms with Crippen LogP contribution in [0.1, 0.15) is 23.9 Å². The monoisotopic (exact) mass is 204 g/mol. The van der Waals surface area contributed by atoms with Gasteiger partial charge in [0.15, 0.2) is 0 Å². The van der Waals surface area contributed by atoms with Crippen LogP contribution in [0.5, 0.6) is 0 Å². The maximum atomic E-state index is 3.66. The van der Waals surface area contributed by atoms with E-state index in [1.165, 1.54) is 17.0 Å². The topological polar surface area (TPSA) is 27.8 Å². The van der Waals surface area contributed by atoms with Crippen LogP contribution in [-0.2, 0) is 6.42 Å². The summed E-state index contributed by atoms with van der Waals surface area (Å²) in [5.74, 6) is 0. The zero-order chi connectivity index (χ0) is 11.3. The zero-order valence-electron chi connectivity index (χ0n) is 9.80. The maximum absolute atomic E-state index is 3.66. The molecule has 1 heterocycles. The number of nitrogens with one attached hydrogen (secondary N) is 2. The highest BCUT2D eigenvalue weighted by atomic mass is 14.9. The van der Waals surface area contributed by atoms with Gasteiger partial charge >= 0.3 is 0 Å². The van der Waals surface area contributed by atoms with Crippen molar-refractivity contribution in [3.05, 3.63) is 41.7 Å². The van der Waals surface area contributed by atoms with Crippen molar-refractivity contribution < 1.29 is 0 Å². The van der Waals surface area contributed by atoms with Gasteiger partial charge in [-0.3, -0.25) is 0 Å². The lowest BCUT2D eigenvalue weighted by Crippen LogP contribution is -2.23. The minimum atomic E-state index is 0.499. The van der Waals surface area contributed by atoms with Crippen molar-refractivity contribution in [2.45, 2.75) is 26.3 Å². The number of H-pyrrole nitrogens is 1. The molecule has 0 radical (unpaired) electrons. The number of hydrogen-bond acceptors (Lipinski definition) is 1. The third-order valence-corrected chi connectivity index (χ3v) is 2.53. The molecule has 1 aromatic rings. The first-order valence-electron chi connectivity index (χ1n) is 5.32. The summed E-state index contributed by atoms with van der Waals surface area (Å²) in [6, 6.07) is 2.70. The van der Waals surface area contributed by atoms with Gasteiger partial charge in [0.2, 0.25) is 0 Å². The van der Waals surface area contributed by atoms with Crippen LogP contribution in [0.2, 0.25) is 0 Å². The van der Waals surface area contributed by atoms with Gasteiger partial charge in [-0.15, -0.1) is 0 Å². The molecule has 82 valence electrons. The molecule has 2 heteroatoms. The Labute approximate surface area is 92.1 Å². The molecule has 15 heavy (non-hydrogen) atoms. The van der Waals surface area contributed by atoms with E-state index in [4.69, 9.17) is 0 Å². The number of rotatable bonds is 5. The second-order valence-electron chi connectivity index (χ2n) is 3.88. The van der Waals surface area contributed by atoms with E-state index in [2.05, 4.69) is 42.9 Å². The number of likely N-dealkylation sites (N-methyl/N-ethyl adjacent to an activating group) is 1. The van der Waals surface area contributed by atoms with Gasteiger partial charge in [0.25, 0.3) is 0 Å². The van der Waals surface area contributed by atoms with Gasteiger partial charge in [-0.2, -0.15) is 0 Å². The number of allylic oxidation sites excluding steroid dienone is 2. The van der Waals surface area contributed by atoms with Crippen molar-refractivity contribution in [1.29, 1.82) is 0 Å². The van der Waals surface area contributed by atoms with E-state index in [-0.39, 0.29) is 0 Å². The van der Waals surface area contributed by atoms with Crippen LogP contribution in [0, 0.1) is 6.92 Å². The van der Waals surface area contributed by atoms with E-state index < -0.39 is 0 Å². The summed E-state index contributed by atoms with van der Waals surface area (Å²) in [6.45, 7) is 7.96. The van der Waals surface area contributed by atoms with E-state index in [1.54, 1.807) is 6.08 Å². The standard InChI is InChI=1S/C13H20N2/c1-5-6-7-13-10(2)8-12(15-13)9-11(3)14-4/h5-8,11,14-15H,1,9H2,2-4H3/b7-6-. The number of aromatic nitrogens is 1. The van der Waals surface area contributed by atoms with Gasteiger partial charge in [0.05, 0.1) is 0 Å². The predicted molar refractivity (Wildman–Crippen MR) is 67.0 cm³/mol. The summed E-state index contributed by atoms with van der Waals surface area (Å²) in [5.41, 5.74) is 3.73. The molecule has 1 aromatic heterocycles. The third kappa shape index (κ3) is 3.40. The molecule has 0 bridgehead atoms. The first-order valence-corrected chi connectivity index (χ1v) is 5.32. The molecule has 0 saturated carbocycles. The van der Waals surface area contributed by atoms with E-state index in [1.807, 2.05) is 13.1 Å². The normalized spacial score (nSPS) is 13.3. The Morgan fingerprint density at radius 3 is 2.93 bits per heavy atom.